The number of hydrogen-bond acceptors (Lipinski definition) is 5. The van der Waals surface area contributed by atoms with Gasteiger partial charge < -0.3 is 15.2 Å². The van der Waals surface area contributed by atoms with Crippen LogP contribution in [-0.4, -0.2) is 27.5 Å². The first-order valence-corrected chi connectivity index (χ1v) is 8.01. The third-order valence-electron chi connectivity index (χ3n) is 4.04. The number of carbonyl (C=O) groups is 2. The van der Waals surface area contributed by atoms with Crippen molar-refractivity contribution in [3.8, 4) is 0 Å². The highest BCUT2D eigenvalue weighted by molar-refractivity contribution is 5.88. The highest BCUT2D eigenvalue weighted by Crippen LogP contribution is 2.18. The van der Waals surface area contributed by atoms with Crippen LogP contribution >= 0.6 is 0 Å². The molecule has 0 bridgehead atoms. The van der Waals surface area contributed by atoms with Crippen molar-refractivity contribution in [2.45, 2.75) is 19.0 Å². The van der Waals surface area contributed by atoms with Gasteiger partial charge in [0.05, 0.1) is 29.2 Å². The van der Waals surface area contributed by atoms with Crippen molar-refractivity contribution >= 4 is 22.8 Å². The van der Waals surface area contributed by atoms with Crippen molar-refractivity contribution in [1.82, 2.24) is 14.9 Å². The summed E-state index contributed by atoms with van der Waals surface area (Å²) >= 11 is 0. The molecular formula is C19H16N3O4-. The molecule has 0 saturated carbocycles. The van der Waals surface area contributed by atoms with Crippen LogP contribution in [0.5, 0.6) is 0 Å². The number of carbonyl (C=O) groups excluding carboxylic acids is 2. The predicted molar refractivity (Wildman–Crippen MR) is 93.2 cm³/mol. The number of carboxylic acids is 1. The van der Waals surface area contributed by atoms with E-state index in [-0.39, 0.29) is 5.56 Å². The number of hydrogen-bond donors (Lipinski definition) is 1. The largest absolute Gasteiger partial charge is 0.548 e. The molecular weight excluding hydrogens is 334 g/mol. The molecule has 132 valence electrons. The Bertz CT molecular complexity index is 1010. The van der Waals surface area contributed by atoms with Gasteiger partial charge in [0, 0.05) is 0 Å². The number of carboxylic acid groups (broad SMARTS) is 1. The first-order valence-electron chi connectivity index (χ1n) is 8.01. The fraction of sp³-hybridized carbons (Fsp3) is 0.158. The molecule has 0 aliphatic heterocycles. The number of rotatable bonds is 5. The van der Waals surface area contributed by atoms with Gasteiger partial charge in [0.25, 0.3) is 5.56 Å². The normalized spacial score (nSPS) is 13.1. The number of fused-ring (bicyclic) bond motifs is 1. The van der Waals surface area contributed by atoms with Crippen LogP contribution in [0.25, 0.3) is 10.9 Å². The number of amides is 1. The van der Waals surface area contributed by atoms with Crippen LogP contribution in [0, 0.1) is 0 Å². The van der Waals surface area contributed by atoms with E-state index in [0.717, 1.165) is 0 Å². The predicted octanol–water partition coefficient (Wildman–Crippen LogP) is 0.240. The van der Waals surface area contributed by atoms with E-state index in [1.54, 1.807) is 54.6 Å². The number of aromatic nitrogens is 2. The van der Waals surface area contributed by atoms with Crippen LogP contribution < -0.4 is 16.0 Å². The average Bonchev–Trinajstić information content (AvgIpc) is 2.65. The van der Waals surface area contributed by atoms with Crippen molar-refractivity contribution < 1.29 is 14.7 Å². The molecule has 1 aromatic heterocycles. The molecule has 0 fully saturated rings. The number of benzene rings is 2. The van der Waals surface area contributed by atoms with Crippen molar-refractivity contribution in [2.24, 2.45) is 0 Å². The van der Waals surface area contributed by atoms with Crippen LogP contribution in [0.4, 0.5) is 0 Å². The summed E-state index contributed by atoms with van der Waals surface area (Å²) in [4.78, 5) is 40.8. The van der Waals surface area contributed by atoms with Crippen molar-refractivity contribution in [3.05, 3.63) is 76.8 Å². The lowest BCUT2D eigenvalue weighted by atomic mass is 10.1. The maximum atomic E-state index is 12.9. The Kier molecular flexibility index (Phi) is 4.79. The van der Waals surface area contributed by atoms with Crippen LogP contribution in [-0.2, 0) is 9.59 Å². The molecule has 7 heteroatoms. The summed E-state index contributed by atoms with van der Waals surface area (Å²) in [5.74, 6) is -2.04. The Labute approximate surface area is 148 Å². The van der Waals surface area contributed by atoms with Gasteiger partial charge in [-0.15, -0.1) is 0 Å². The maximum absolute atomic E-state index is 12.9. The van der Waals surface area contributed by atoms with E-state index in [0.29, 0.717) is 16.5 Å². The Hall–Kier alpha value is -3.48. The van der Waals surface area contributed by atoms with E-state index >= 15 is 0 Å². The first-order chi connectivity index (χ1) is 12.5. The zero-order chi connectivity index (χ0) is 18.7. The molecule has 0 aliphatic rings. The van der Waals surface area contributed by atoms with E-state index in [4.69, 9.17) is 0 Å². The van der Waals surface area contributed by atoms with Crippen LogP contribution in [0.15, 0.2) is 65.7 Å². The Balaban J connectivity index is 2.13. The Morgan fingerprint density at radius 2 is 1.73 bits per heavy atom. The summed E-state index contributed by atoms with van der Waals surface area (Å²) in [6.45, 7) is 1.30. The van der Waals surface area contributed by atoms with E-state index in [9.17, 15) is 19.5 Å². The molecule has 2 aromatic carbocycles. The van der Waals surface area contributed by atoms with Gasteiger partial charge in [-0.1, -0.05) is 42.5 Å². The molecule has 3 rings (SSSR count). The van der Waals surface area contributed by atoms with Crippen LogP contribution in [0.2, 0.25) is 0 Å². The van der Waals surface area contributed by atoms with E-state index in [1.165, 1.54) is 17.8 Å². The fourth-order valence-electron chi connectivity index (χ4n) is 2.69. The van der Waals surface area contributed by atoms with Crippen molar-refractivity contribution in [3.63, 3.8) is 0 Å². The number of nitrogens with one attached hydrogen (secondary N) is 1. The molecule has 0 radical (unpaired) electrons. The average molecular weight is 350 g/mol. The lowest BCUT2D eigenvalue weighted by Gasteiger charge is -2.23. The van der Waals surface area contributed by atoms with Gasteiger partial charge in [-0.2, -0.15) is 0 Å². The summed E-state index contributed by atoms with van der Waals surface area (Å²) in [5.41, 5.74) is 0.666. The maximum Gasteiger partial charge on any atom is 0.262 e. The SMILES string of the molecule is C[C@H](NC(=O)[C@H](c1ccccc1)n1cnc2ccccc2c1=O)C(=O)[O-]. The van der Waals surface area contributed by atoms with Gasteiger partial charge in [0.1, 0.15) is 6.04 Å². The molecule has 3 aromatic rings. The molecule has 0 unspecified atom stereocenters. The van der Waals surface area contributed by atoms with Gasteiger partial charge >= 0.3 is 0 Å². The molecule has 1 amide bonds. The van der Waals surface area contributed by atoms with Gasteiger partial charge in [-0.05, 0) is 24.6 Å². The third kappa shape index (κ3) is 3.32. The second-order valence-corrected chi connectivity index (χ2v) is 5.84. The fourth-order valence-corrected chi connectivity index (χ4v) is 2.69. The first kappa shape index (κ1) is 17.3. The Morgan fingerprint density at radius 3 is 2.42 bits per heavy atom. The monoisotopic (exact) mass is 350 g/mol. The molecule has 0 saturated heterocycles. The summed E-state index contributed by atoms with van der Waals surface area (Å²) in [6.07, 6.45) is 1.30. The number of aliphatic carboxylic acids is 1. The molecule has 1 N–H and O–H groups in total. The highest BCUT2D eigenvalue weighted by atomic mass is 16.4. The Morgan fingerprint density at radius 1 is 1.08 bits per heavy atom. The molecule has 0 aliphatic carbocycles. The van der Waals surface area contributed by atoms with E-state index < -0.39 is 24.0 Å². The van der Waals surface area contributed by atoms with Gasteiger partial charge in [-0.25, -0.2) is 4.98 Å². The quantitative estimate of drug-likeness (QED) is 0.710. The minimum Gasteiger partial charge on any atom is -0.548 e. The molecule has 1 heterocycles. The van der Waals surface area contributed by atoms with Gasteiger partial charge in [0.15, 0.2) is 0 Å². The zero-order valence-electron chi connectivity index (χ0n) is 14.0. The lowest BCUT2D eigenvalue weighted by Crippen LogP contribution is -2.49. The van der Waals surface area contributed by atoms with E-state index in [2.05, 4.69) is 10.3 Å². The van der Waals surface area contributed by atoms with Crippen LogP contribution in [0.1, 0.15) is 18.5 Å². The lowest BCUT2D eigenvalue weighted by molar-refractivity contribution is -0.307. The minimum absolute atomic E-state index is 0.372. The standard InChI is InChI=1S/C19H17N3O4/c1-12(19(25)26)21-17(23)16(13-7-3-2-4-8-13)22-11-20-15-10-6-5-9-14(15)18(22)24/h2-12,16H,1H3,(H,21,23)(H,25,26)/p-1/t12-,16-/m0/s1. The topological polar surface area (TPSA) is 104 Å². The van der Waals surface area contributed by atoms with Crippen molar-refractivity contribution in [2.75, 3.05) is 0 Å². The highest BCUT2D eigenvalue weighted by Gasteiger charge is 2.25. The minimum atomic E-state index is -1.41. The summed E-state index contributed by atoms with van der Waals surface area (Å²) in [5, 5.41) is 13.7. The molecule has 26 heavy (non-hydrogen) atoms. The van der Waals surface area contributed by atoms with Crippen molar-refractivity contribution in [1.29, 1.82) is 0 Å². The summed E-state index contributed by atoms with van der Waals surface area (Å²) in [7, 11) is 0. The van der Waals surface area contributed by atoms with Crippen LogP contribution in [0.3, 0.4) is 0 Å². The molecule has 0 spiro atoms. The summed E-state index contributed by atoms with van der Waals surface area (Å²) < 4.78 is 1.20. The number of nitrogens with zero attached hydrogens (tertiary/aromatic N) is 2. The second kappa shape index (κ2) is 7.18. The molecule has 2 atom stereocenters. The van der Waals surface area contributed by atoms with E-state index in [1.807, 2.05) is 0 Å². The number of para-hydroxylation sites is 1. The van der Waals surface area contributed by atoms with Gasteiger partial charge in [0.2, 0.25) is 5.91 Å². The zero-order valence-corrected chi connectivity index (χ0v) is 14.0. The molecule has 7 nitrogen and oxygen atoms in total. The smallest absolute Gasteiger partial charge is 0.262 e. The third-order valence-corrected chi connectivity index (χ3v) is 4.04. The summed E-state index contributed by atoms with van der Waals surface area (Å²) in [6, 6.07) is 13.2. The van der Waals surface area contributed by atoms with Gasteiger partial charge in [-0.3, -0.25) is 14.2 Å². The second-order valence-electron chi connectivity index (χ2n) is 5.84.